The molecule has 1 aromatic carbocycles. The third kappa shape index (κ3) is 3.27. The normalized spacial score (nSPS) is 12.2. The maximum absolute atomic E-state index is 6.10. The van der Waals surface area contributed by atoms with Gasteiger partial charge in [-0.1, -0.05) is 6.07 Å². The fraction of sp³-hybridized carbons (Fsp3) is 0.538. The largest absolute Gasteiger partial charge is 0.492 e. The second kappa shape index (κ2) is 6.35. The second-order valence-corrected chi connectivity index (χ2v) is 4.04. The number of anilines is 2. The molecule has 4 nitrogen and oxygen atoms in total. The van der Waals surface area contributed by atoms with E-state index in [-0.39, 0.29) is 6.04 Å². The van der Waals surface area contributed by atoms with Crippen LogP contribution in [0.2, 0.25) is 0 Å². The quantitative estimate of drug-likeness (QED) is 0.771. The standard InChI is InChI=1S/C13H22N2O2/c1-5-17-12-8-6-7-11(13(12)14)15(3)10(2)9-16-4/h6-8,10H,5,9,14H2,1-4H3. The lowest BCUT2D eigenvalue weighted by molar-refractivity contribution is 0.183. The van der Waals surface area contributed by atoms with Gasteiger partial charge in [-0.15, -0.1) is 0 Å². The molecule has 96 valence electrons. The molecule has 0 saturated heterocycles. The van der Waals surface area contributed by atoms with Crippen LogP contribution in [-0.4, -0.2) is 33.4 Å². The summed E-state index contributed by atoms with van der Waals surface area (Å²) in [7, 11) is 3.70. The maximum atomic E-state index is 6.10. The van der Waals surface area contributed by atoms with Gasteiger partial charge in [0.15, 0.2) is 0 Å². The first-order chi connectivity index (χ1) is 8.11. The number of nitrogens with zero attached hydrogens (tertiary/aromatic N) is 1. The van der Waals surface area contributed by atoms with E-state index in [9.17, 15) is 0 Å². The summed E-state index contributed by atoms with van der Waals surface area (Å²) in [4.78, 5) is 2.10. The van der Waals surface area contributed by atoms with Crippen LogP contribution in [0.1, 0.15) is 13.8 Å². The van der Waals surface area contributed by atoms with Crippen molar-refractivity contribution in [1.29, 1.82) is 0 Å². The zero-order valence-electron chi connectivity index (χ0n) is 11.1. The van der Waals surface area contributed by atoms with Gasteiger partial charge in [0.1, 0.15) is 5.75 Å². The number of nitrogen functional groups attached to an aromatic ring is 1. The van der Waals surface area contributed by atoms with E-state index >= 15 is 0 Å². The number of rotatable bonds is 6. The van der Waals surface area contributed by atoms with Crippen LogP contribution < -0.4 is 15.4 Å². The molecule has 0 bridgehead atoms. The predicted octanol–water partition coefficient (Wildman–Crippen LogP) is 2.14. The molecule has 0 fully saturated rings. The van der Waals surface area contributed by atoms with Gasteiger partial charge in [-0.05, 0) is 26.0 Å². The van der Waals surface area contributed by atoms with Crippen LogP contribution in [0.4, 0.5) is 11.4 Å². The molecule has 0 radical (unpaired) electrons. The molecule has 0 heterocycles. The summed E-state index contributed by atoms with van der Waals surface area (Å²) >= 11 is 0. The molecule has 4 heteroatoms. The lowest BCUT2D eigenvalue weighted by atomic mass is 10.2. The highest BCUT2D eigenvalue weighted by atomic mass is 16.5. The van der Waals surface area contributed by atoms with Gasteiger partial charge >= 0.3 is 0 Å². The highest BCUT2D eigenvalue weighted by Gasteiger charge is 2.14. The van der Waals surface area contributed by atoms with Gasteiger partial charge in [0, 0.05) is 20.2 Å². The van der Waals surface area contributed by atoms with Gasteiger partial charge in [-0.2, -0.15) is 0 Å². The highest BCUT2D eigenvalue weighted by molar-refractivity contribution is 5.74. The molecule has 1 unspecified atom stereocenters. The minimum atomic E-state index is 0.263. The number of nitrogens with two attached hydrogens (primary N) is 1. The van der Waals surface area contributed by atoms with Crippen molar-refractivity contribution in [3.05, 3.63) is 18.2 Å². The molecule has 0 aliphatic carbocycles. The zero-order valence-corrected chi connectivity index (χ0v) is 11.1. The van der Waals surface area contributed by atoms with Crippen molar-refractivity contribution in [2.45, 2.75) is 19.9 Å². The van der Waals surface area contributed by atoms with Crippen molar-refractivity contribution in [2.24, 2.45) is 0 Å². The van der Waals surface area contributed by atoms with Gasteiger partial charge in [-0.3, -0.25) is 0 Å². The van der Waals surface area contributed by atoms with E-state index in [2.05, 4.69) is 11.8 Å². The van der Waals surface area contributed by atoms with Crippen molar-refractivity contribution in [1.82, 2.24) is 0 Å². The van der Waals surface area contributed by atoms with E-state index in [1.54, 1.807) is 7.11 Å². The van der Waals surface area contributed by atoms with Gasteiger partial charge in [0.2, 0.25) is 0 Å². The molecule has 0 saturated carbocycles. The van der Waals surface area contributed by atoms with E-state index in [0.29, 0.717) is 18.9 Å². The molecule has 2 N–H and O–H groups in total. The van der Waals surface area contributed by atoms with Crippen LogP contribution in [0.5, 0.6) is 5.75 Å². The number of hydrogen-bond donors (Lipinski definition) is 1. The Morgan fingerprint density at radius 1 is 1.41 bits per heavy atom. The van der Waals surface area contributed by atoms with Crippen LogP contribution in [0, 0.1) is 0 Å². The van der Waals surface area contributed by atoms with E-state index in [1.165, 1.54) is 0 Å². The SMILES string of the molecule is CCOc1cccc(N(C)C(C)COC)c1N. The fourth-order valence-electron chi connectivity index (χ4n) is 1.71. The van der Waals surface area contributed by atoms with Crippen molar-refractivity contribution >= 4 is 11.4 Å². The number of hydrogen-bond acceptors (Lipinski definition) is 4. The minimum absolute atomic E-state index is 0.263. The molecule has 17 heavy (non-hydrogen) atoms. The monoisotopic (exact) mass is 238 g/mol. The number of para-hydroxylation sites is 1. The van der Waals surface area contributed by atoms with E-state index in [1.807, 2.05) is 32.2 Å². The summed E-state index contributed by atoms with van der Waals surface area (Å²) in [6, 6.07) is 6.09. The van der Waals surface area contributed by atoms with Crippen LogP contribution in [0.3, 0.4) is 0 Å². The first-order valence-electron chi connectivity index (χ1n) is 5.84. The molecule has 1 aromatic rings. The third-order valence-corrected chi connectivity index (χ3v) is 2.79. The van der Waals surface area contributed by atoms with Gasteiger partial charge in [-0.25, -0.2) is 0 Å². The molecule has 1 rings (SSSR count). The van der Waals surface area contributed by atoms with Crippen molar-refractivity contribution in [3.8, 4) is 5.75 Å². The molecule has 0 amide bonds. The summed E-state index contributed by atoms with van der Waals surface area (Å²) in [6.45, 7) is 5.32. The Morgan fingerprint density at radius 3 is 2.71 bits per heavy atom. The molecular weight excluding hydrogens is 216 g/mol. The summed E-state index contributed by atoms with van der Waals surface area (Å²) in [5, 5.41) is 0. The van der Waals surface area contributed by atoms with Crippen molar-refractivity contribution in [3.63, 3.8) is 0 Å². The fourth-order valence-corrected chi connectivity index (χ4v) is 1.71. The van der Waals surface area contributed by atoms with Crippen LogP contribution in [0.15, 0.2) is 18.2 Å². The Kier molecular flexibility index (Phi) is 5.10. The van der Waals surface area contributed by atoms with Crippen LogP contribution in [-0.2, 0) is 4.74 Å². The summed E-state index contributed by atoms with van der Waals surface area (Å²) in [5.41, 5.74) is 7.75. The van der Waals surface area contributed by atoms with Gasteiger partial charge < -0.3 is 20.1 Å². The van der Waals surface area contributed by atoms with Crippen LogP contribution in [0.25, 0.3) is 0 Å². The highest BCUT2D eigenvalue weighted by Crippen LogP contribution is 2.32. The number of benzene rings is 1. The van der Waals surface area contributed by atoms with E-state index in [4.69, 9.17) is 15.2 Å². The average Bonchev–Trinajstić information content (AvgIpc) is 2.31. The minimum Gasteiger partial charge on any atom is -0.492 e. The molecule has 0 aliphatic heterocycles. The average molecular weight is 238 g/mol. The Hall–Kier alpha value is -1.42. The number of ether oxygens (including phenoxy) is 2. The lowest BCUT2D eigenvalue weighted by Crippen LogP contribution is -2.33. The Bertz CT molecular complexity index is 355. The van der Waals surface area contributed by atoms with Crippen molar-refractivity contribution in [2.75, 3.05) is 38.0 Å². The maximum Gasteiger partial charge on any atom is 0.144 e. The number of likely N-dealkylation sites (N-methyl/N-ethyl adjacent to an activating group) is 1. The Balaban J connectivity index is 2.93. The Morgan fingerprint density at radius 2 is 2.12 bits per heavy atom. The predicted molar refractivity (Wildman–Crippen MR) is 71.8 cm³/mol. The lowest BCUT2D eigenvalue weighted by Gasteiger charge is -2.28. The number of methoxy groups -OCH3 is 1. The molecular formula is C13H22N2O2. The summed E-state index contributed by atoms with van der Waals surface area (Å²) in [6.07, 6.45) is 0. The van der Waals surface area contributed by atoms with E-state index < -0.39 is 0 Å². The molecule has 0 spiro atoms. The zero-order chi connectivity index (χ0) is 12.8. The molecule has 1 atom stereocenters. The topological polar surface area (TPSA) is 47.7 Å². The second-order valence-electron chi connectivity index (χ2n) is 4.04. The first kappa shape index (κ1) is 13.6. The Labute approximate surface area is 103 Å². The molecule has 0 aliphatic rings. The van der Waals surface area contributed by atoms with Crippen molar-refractivity contribution < 1.29 is 9.47 Å². The first-order valence-corrected chi connectivity index (χ1v) is 5.84. The summed E-state index contributed by atoms with van der Waals surface area (Å²) < 4.78 is 10.6. The van der Waals surface area contributed by atoms with Crippen LogP contribution >= 0.6 is 0 Å². The van der Waals surface area contributed by atoms with Gasteiger partial charge in [0.05, 0.1) is 24.6 Å². The van der Waals surface area contributed by atoms with Gasteiger partial charge in [0.25, 0.3) is 0 Å². The summed E-state index contributed by atoms with van der Waals surface area (Å²) in [5.74, 6) is 0.737. The smallest absolute Gasteiger partial charge is 0.144 e. The molecule has 0 aromatic heterocycles. The van der Waals surface area contributed by atoms with E-state index in [0.717, 1.165) is 11.4 Å². The third-order valence-electron chi connectivity index (χ3n) is 2.79.